The van der Waals surface area contributed by atoms with Gasteiger partial charge in [-0.05, 0) is 22.9 Å². The Labute approximate surface area is 148 Å². The van der Waals surface area contributed by atoms with Crippen LogP contribution in [0.25, 0.3) is 21.9 Å². The molecule has 0 aliphatic carbocycles. The van der Waals surface area contributed by atoms with E-state index in [1.54, 1.807) is 0 Å². The average molecular weight is 350 g/mol. The Kier molecular flexibility index (Phi) is 4.93. The second-order valence-corrected chi connectivity index (χ2v) is 5.17. The van der Waals surface area contributed by atoms with E-state index in [1.807, 2.05) is 56.3 Å². The highest BCUT2D eigenvalue weighted by Crippen LogP contribution is 2.19. The van der Waals surface area contributed by atoms with E-state index in [-0.39, 0.29) is 5.82 Å². The number of nitrogens with zero attached hydrogens (tertiary/aromatic N) is 2. The van der Waals surface area contributed by atoms with E-state index in [0.717, 1.165) is 10.8 Å². The Hall–Kier alpha value is -3.68. The van der Waals surface area contributed by atoms with Crippen molar-refractivity contribution < 1.29 is 4.79 Å². The maximum atomic E-state index is 12.2. The molecule has 4 N–H and O–H groups in total. The standard InChI is InChI=1S/C16H12N6O2.C2H6/c23-15(19-11-6-5-9-3-1-2-4-10(9)7-11)21-13-12-14(18-8-17-13)22-16(24)20-12;1-2/h1-8H,(H4,17,18,19,20,21,22,23,24);1-2H3. The third-order valence-corrected chi connectivity index (χ3v) is 3.56. The van der Waals surface area contributed by atoms with Gasteiger partial charge in [0.15, 0.2) is 11.5 Å². The summed E-state index contributed by atoms with van der Waals surface area (Å²) in [5, 5.41) is 7.46. The van der Waals surface area contributed by atoms with Crippen molar-refractivity contribution in [3.05, 3.63) is 59.3 Å². The number of anilines is 2. The number of hydrogen-bond donors (Lipinski definition) is 4. The Bertz CT molecular complexity index is 1120. The molecule has 132 valence electrons. The molecule has 8 heteroatoms. The topological polar surface area (TPSA) is 116 Å². The predicted molar refractivity (Wildman–Crippen MR) is 102 cm³/mol. The van der Waals surface area contributed by atoms with Gasteiger partial charge in [0.2, 0.25) is 0 Å². The molecule has 0 bridgehead atoms. The van der Waals surface area contributed by atoms with Crippen LogP contribution in [0.2, 0.25) is 0 Å². The van der Waals surface area contributed by atoms with Crippen LogP contribution in [0.5, 0.6) is 0 Å². The predicted octanol–water partition coefficient (Wildman–Crippen LogP) is 3.47. The summed E-state index contributed by atoms with van der Waals surface area (Å²) in [6, 6.07) is 13.0. The van der Waals surface area contributed by atoms with Crippen LogP contribution in [0.4, 0.5) is 16.3 Å². The average Bonchev–Trinajstić information content (AvgIpc) is 3.04. The Morgan fingerprint density at radius 1 is 0.962 bits per heavy atom. The number of carbonyl (C=O) groups is 1. The number of H-pyrrole nitrogens is 2. The first kappa shape index (κ1) is 17.2. The summed E-state index contributed by atoms with van der Waals surface area (Å²) in [6.07, 6.45) is 1.26. The minimum absolute atomic E-state index is 0.219. The number of aromatic nitrogens is 4. The molecule has 2 heterocycles. The summed E-state index contributed by atoms with van der Waals surface area (Å²) < 4.78 is 0. The number of carbonyl (C=O) groups excluding carboxylic acids is 1. The molecular weight excluding hydrogens is 332 g/mol. The zero-order chi connectivity index (χ0) is 18.5. The van der Waals surface area contributed by atoms with E-state index in [4.69, 9.17) is 0 Å². The van der Waals surface area contributed by atoms with Gasteiger partial charge in [-0.2, -0.15) is 0 Å². The number of urea groups is 1. The third-order valence-electron chi connectivity index (χ3n) is 3.56. The van der Waals surface area contributed by atoms with Crippen molar-refractivity contribution in [1.82, 2.24) is 19.9 Å². The molecule has 0 unspecified atom stereocenters. The fraction of sp³-hybridized carbons (Fsp3) is 0.111. The smallest absolute Gasteiger partial charge is 0.308 e. The van der Waals surface area contributed by atoms with Crippen LogP contribution >= 0.6 is 0 Å². The Balaban J connectivity index is 0.000000948. The molecule has 2 aromatic heterocycles. The second-order valence-electron chi connectivity index (χ2n) is 5.17. The van der Waals surface area contributed by atoms with Gasteiger partial charge in [0, 0.05) is 5.69 Å². The molecule has 0 aliphatic rings. The van der Waals surface area contributed by atoms with E-state index in [2.05, 4.69) is 30.6 Å². The maximum Gasteiger partial charge on any atom is 0.325 e. The van der Waals surface area contributed by atoms with Gasteiger partial charge in [0.1, 0.15) is 11.8 Å². The van der Waals surface area contributed by atoms with Gasteiger partial charge in [0.05, 0.1) is 0 Å². The zero-order valence-electron chi connectivity index (χ0n) is 14.3. The number of benzene rings is 2. The van der Waals surface area contributed by atoms with Crippen LogP contribution in [0.15, 0.2) is 53.6 Å². The lowest BCUT2D eigenvalue weighted by atomic mass is 10.1. The van der Waals surface area contributed by atoms with Crippen molar-refractivity contribution in [2.24, 2.45) is 0 Å². The molecule has 0 radical (unpaired) electrons. The van der Waals surface area contributed by atoms with Crippen LogP contribution in [-0.4, -0.2) is 26.0 Å². The largest absolute Gasteiger partial charge is 0.325 e. The minimum Gasteiger partial charge on any atom is -0.308 e. The summed E-state index contributed by atoms with van der Waals surface area (Å²) in [7, 11) is 0. The maximum absolute atomic E-state index is 12.2. The number of nitrogens with one attached hydrogen (secondary N) is 4. The number of hydrogen-bond acceptors (Lipinski definition) is 4. The van der Waals surface area contributed by atoms with Crippen LogP contribution in [0, 0.1) is 0 Å². The van der Waals surface area contributed by atoms with Gasteiger partial charge in [-0.1, -0.05) is 44.2 Å². The van der Waals surface area contributed by atoms with E-state index in [1.165, 1.54) is 6.33 Å². The molecule has 0 spiro atoms. The number of rotatable bonds is 2. The summed E-state index contributed by atoms with van der Waals surface area (Å²) >= 11 is 0. The minimum atomic E-state index is -0.465. The molecule has 0 aliphatic heterocycles. The van der Waals surface area contributed by atoms with Gasteiger partial charge in [-0.25, -0.2) is 19.6 Å². The third kappa shape index (κ3) is 3.54. The van der Waals surface area contributed by atoms with E-state index >= 15 is 0 Å². The van der Waals surface area contributed by atoms with Crippen molar-refractivity contribution >= 4 is 39.5 Å². The highest BCUT2D eigenvalue weighted by atomic mass is 16.2. The summed E-state index contributed by atoms with van der Waals surface area (Å²) in [4.78, 5) is 36.5. The summed E-state index contributed by atoms with van der Waals surface area (Å²) in [5.74, 6) is 0.219. The van der Waals surface area contributed by atoms with Crippen molar-refractivity contribution in [1.29, 1.82) is 0 Å². The van der Waals surface area contributed by atoms with Crippen LogP contribution in [-0.2, 0) is 0 Å². The van der Waals surface area contributed by atoms with Crippen molar-refractivity contribution in [3.63, 3.8) is 0 Å². The fourth-order valence-corrected chi connectivity index (χ4v) is 2.48. The van der Waals surface area contributed by atoms with Crippen LogP contribution < -0.4 is 16.3 Å². The van der Waals surface area contributed by atoms with E-state index in [0.29, 0.717) is 16.9 Å². The highest BCUT2D eigenvalue weighted by molar-refractivity contribution is 6.03. The normalized spacial score (nSPS) is 10.2. The molecule has 4 aromatic rings. The lowest BCUT2D eigenvalue weighted by molar-refractivity contribution is 0.262. The molecule has 2 amide bonds. The van der Waals surface area contributed by atoms with Crippen molar-refractivity contribution in [3.8, 4) is 0 Å². The van der Waals surface area contributed by atoms with Gasteiger partial charge in [-0.15, -0.1) is 0 Å². The second kappa shape index (κ2) is 7.47. The lowest BCUT2D eigenvalue weighted by Gasteiger charge is -2.08. The molecular formula is C18H18N6O2. The molecule has 4 rings (SSSR count). The van der Waals surface area contributed by atoms with Gasteiger partial charge in [0.25, 0.3) is 0 Å². The number of fused-ring (bicyclic) bond motifs is 2. The Morgan fingerprint density at radius 3 is 2.54 bits per heavy atom. The first-order chi connectivity index (χ1) is 12.7. The van der Waals surface area contributed by atoms with Crippen LogP contribution in [0.3, 0.4) is 0 Å². The molecule has 0 saturated carbocycles. The quantitative estimate of drug-likeness (QED) is 0.443. The number of imidazole rings is 1. The SMILES string of the molecule is CC.O=C(Nc1ccc2ccccc2c1)Nc1ncnc2[nH]c(=O)[nH]c12. The first-order valence-electron chi connectivity index (χ1n) is 8.19. The zero-order valence-corrected chi connectivity index (χ0v) is 14.3. The highest BCUT2D eigenvalue weighted by Gasteiger charge is 2.10. The molecule has 2 aromatic carbocycles. The van der Waals surface area contributed by atoms with E-state index in [9.17, 15) is 9.59 Å². The summed E-state index contributed by atoms with van der Waals surface area (Å²) in [6.45, 7) is 4.00. The molecule has 8 nitrogen and oxygen atoms in total. The van der Waals surface area contributed by atoms with Crippen LogP contribution in [0.1, 0.15) is 13.8 Å². The monoisotopic (exact) mass is 350 g/mol. The Morgan fingerprint density at radius 2 is 1.73 bits per heavy atom. The fourth-order valence-electron chi connectivity index (χ4n) is 2.48. The lowest BCUT2D eigenvalue weighted by Crippen LogP contribution is -2.20. The molecule has 0 fully saturated rings. The van der Waals surface area contributed by atoms with Crippen molar-refractivity contribution in [2.45, 2.75) is 13.8 Å². The number of aromatic amines is 2. The van der Waals surface area contributed by atoms with Gasteiger partial charge >= 0.3 is 11.7 Å². The van der Waals surface area contributed by atoms with E-state index < -0.39 is 11.7 Å². The van der Waals surface area contributed by atoms with Gasteiger partial charge in [-0.3, -0.25) is 10.3 Å². The molecule has 0 atom stereocenters. The van der Waals surface area contributed by atoms with Gasteiger partial charge < -0.3 is 10.3 Å². The first-order valence-corrected chi connectivity index (χ1v) is 8.19. The number of amides is 2. The van der Waals surface area contributed by atoms with Crippen molar-refractivity contribution in [2.75, 3.05) is 10.6 Å². The molecule has 26 heavy (non-hydrogen) atoms. The summed E-state index contributed by atoms with van der Waals surface area (Å²) in [5.41, 5.74) is 0.912. The molecule has 0 saturated heterocycles.